The predicted octanol–water partition coefficient (Wildman–Crippen LogP) is 1.20. The van der Waals surface area contributed by atoms with E-state index in [1.54, 1.807) is 0 Å². The molecule has 11 nitrogen and oxygen atoms in total. The minimum atomic E-state index is -4.77. The van der Waals surface area contributed by atoms with Gasteiger partial charge in [0.15, 0.2) is 5.82 Å². The number of aromatic nitrogens is 4. The molecule has 4 heterocycles. The summed E-state index contributed by atoms with van der Waals surface area (Å²) in [4.78, 5) is 34.3. The highest BCUT2D eigenvalue weighted by atomic mass is 19.4. The summed E-state index contributed by atoms with van der Waals surface area (Å²) in [6, 6.07) is 0.969. The first kappa shape index (κ1) is 24.7. The number of carbonyl (C=O) groups excluding carboxylic acids is 2. The molecule has 1 aliphatic heterocycles. The number of halogens is 4. The third-order valence-corrected chi connectivity index (χ3v) is 6.45. The van der Waals surface area contributed by atoms with Crippen LogP contribution in [0.5, 0.6) is 5.88 Å². The molecule has 4 N–H and O–H groups in total. The molecule has 0 unspecified atom stereocenters. The van der Waals surface area contributed by atoms with Gasteiger partial charge in [-0.1, -0.05) is 0 Å². The van der Waals surface area contributed by atoms with Gasteiger partial charge in [-0.3, -0.25) is 9.59 Å². The van der Waals surface area contributed by atoms with Gasteiger partial charge in [-0.15, -0.1) is 0 Å². The second-order valence-corrected chi connectivity index (χ2v) is 8.97. The van der Waals surface area contributed by atoms with E-state index in [1.807, 2.05) is 0 Å². The van der Waals surface area contributed by atoms with Crippen molar-refractivity contribution in [1.82, 2.24) is 29.8 Å². The molecule has 15 heteroatoms. The average Bonchev–Trinajstić information content (AvgIpc) is 3.31. The molecule has 2 fully saturated rings. The van der Waals surface area contributed by atoms with Gasteiger partial charge < -0.3 is 25.8 Å². The van der Waals surface area contributed by atoms with Crippen LogP contribution in [-0.4, -0.2) is 79.4 Å². The van der Waals surface area contributed by atoms with Crippen molar-refractivity contribution in [2.24, 2.45) is 0 Å². The lowest BCUT2D eigenvalue weighted by Crippen LogP contribution is -2.43. The fraction of sp³-hybridized carbons (Fsp3) is 0.409. The maximum atomic E-state index is 14.7. The summed E-state index contributed by atoms with van der Waals surface area (Å²) in [5.41, 5.74) is 2.51. The zero-order valence-corrected chi connectivity index (χ0v) is 19.3. The van der Waals surface area contributed by atoms with Crippen molar-refractivity contribution >= 4 is 23.1 Å². The number of nitrogens with one attached hydrogen (secondary N) is 1. The number of likely N-dealkylation sites (tertiary alicyclic amines) is 1. The number of nitrogens with zero attached hydrogens (tertiary/aromatic N) is 5. The van der Waals surface area contributed by atoms with Crippen LogP contribution in [0.1, 0.15) is 28.8 Å². The first-order chi connectivity index (χ1) is 17.4. The van der Waals surface area contributed by atoms with Crippen LogP contribution < -0.4 is 15.8 Å². The molecule has 0 aromatic carbocycles. The molecule has 3 aromatic rings. The Balaban J connectivity index is 1.46. The monoisotopic (exact) mass is 523 g/mol. The van der Waals surface area contributed by atoms with E-state index in [9.17, 15) is 32.3 Å². The second kappa shape index (κ2) is 8.54. The lowest BCUT2D eigenvalue weighted by atomic mass is 10.1. The van der Waals surface area contributed by atoms with Crippen molar-refractivity contribution < 1.29 is 37.0 Å². The van der Waals surface area contributed by atoms with Gasteiger partial charge >= 0.3 is 6.18 Å². The van der Waals surface area contributed by atoms with Gasteiger partial charge in [0.25, 0.3) is 11.8 Å². The molecule has 196 valence electrons. The molecule has 0 spiro atoms. The number of amides is 2. The quantitative estimate of drug-likeness (QED) is 0.423. The largest absolute Gasteiger partial charge is 0.480 e. The normalized spacial score (nSPS) is 20.8. The van der Waals surface area contributed by atoms with E-state index in [4.69, 9.17) is 10.5 Å². The number of nitrogens with two attached hydrogens (primary N) is 1. The summed E-state index contributed by atoms with van der Waals surface area (Å²) in [5, 5.41) is 16.4. The van der Waals surface area contributed by atoms with Crippen LogP contribution in [0.2, 0.25) is 0 Å². The average molecular weight is 523 g/mol. The summed E-state index contributed by atoms with van der Waals surface area (Å²) in [7, 11) is 1.24. The Bertz CT molecular complexity index is 1410. The van der Waals surface area contributed by atoms with Crippen molar-refractivity contribution in [3.05, 3.63) is 35.8 Å². The Hall–Kier alpha value is -4.01. The van der Waals surface area contributed by atoms with Crippen LogP contribution in [0.25, 0.3) is 16.8 Å². The molecule has 2 atom stereocenters. The Morgan fingerprint density at radius 2 is 1.97 bits per heavy atom. The zero-order valence-electron chi connectivity index (χ0n) is 19.3. The summed E-state index contributed by atoms with van der Waals surface area (Å²) < 4.78 is 61.8. The van der Waals surface area contributed by atoms with Crippen molar-refractivity contribution in [3.8, 4) is 17.1 Å². The Kier molecular flexibility index (Phi) is 5.69. The number of alkyl halides is 4. The van der Waals surface area contributed by atoms with Crippen LogP contribution in [0.4, 0.5) is 23.4 Å². The fourth-order valence-electron chi connectivity index (χ4n) is 4.35. The number of fused-ring (bicyclic) bond motifs is 1. The maximum absolute atomic E-state index is 14.7. The molecule has 1 saturated heterocycles. The van der Waals surface area contributed by atoms with E-state index in [0.717, 1.165) is 21.8 Å². The molecule has 1 saturated carbocycles. The minimum absolute atomic E-state index is 0.0701. The van der Waals surface area contributed by atoms with Crippen LogP contribution >= 0.6 is 0 Å². The zero-order chi connectivity index (χ0) is 26.7. The standard InChI is InChI=1S/C22H21F4N7O4/c1-37-19-11(18(34)31-14-8-32(7-13(14)23)20(35)21(36)2-3-21)4-10(6-28-19)15-5-12(22(24,25)26)16-17(27)29-9-30-33(15)16/h4-6,9,13-14,36H,2-3,7-8H2,1H3,(H,31,34)(H2,27,29,30)/t13-,14+/m0/s1. The number of carbonyl (C=O) groups is 2. The van der Waals surface area contributed by atoms with E-state index in [-0.39, 0.29) is 35.8 Å². The van der Waals surface area contributed by atoms with Crippen LogP contribution in [0.3, 0.4) is 0 Å². The van der Waals surface area contributed by atoms with Crippen LogP contribution in [0.15, 0.2) is 24.7 Å². The van der Waals surface area contributed by atoms with E-state index in [2.05, 4.69) is 20.4 Å². The van der Waals surface area contributed by atoms with E-state index >= 15 is 0 Å². The van der Waals surface area contributed by atoms with Crippen molar-refractivity contribution in [2.75, 3.05) is 25.9 Å². The van der Waals surface area contributed by atoms with Gasteiger partial charge in [-0.2, -0.15) is 18.3 Å². The number of nitrogen functional groups attached to an aromatic ring is 1. The van der Waals surface area contributed by atoms with Gasteiger partial charge in [-0.25, -0.2) is 18.9 Å². The SMILES string of the molecule is COc1ncc(-c2cc(C(F)(F)F)c3c(N)ncnn23)cc1C(=O)N[C@@H]1CN(C(=O)C2(O)CC2)C[C@@H]1F. The highest BCUT2D eigenvalue weighted by Crippen LogP contribution is 2.39. The Morgan fingerprint density at radius 3 is 2.62 bits per heavy atom. The third kappa shape index (κ3) is 4.28. The molecule has 5 rings (SSSR count). The summed E-state index contributed by atoms with van der Waals surface area (Å²) in [6.45, 7) is -0.447. The molecule has 1 aliphatic carbocycles. The van der Waals surface area contributed by atoms with E-state index < -0.39 is 52.7 Å². The smallest absolute Gasteiger partial charge is 0.418 e. The Morgan fingerprint density at radius 1 is 1.24 bits per heavy atom. The highest BCUT2D eigenvalue weighted by molar-refractivity contribution is 5.98. The van der Waals surface area contributed by atoms with E-state index in [0.29, 0.717) is 12.8 Å². The molecule has 2 aliphatic rings. The Labute approximate surface area is 206 Å². The number of ether oxygens (including phenoxy) is 1. The number of hydrogen-bond donors (Lipinski definition) is 3. The van der Waals surface area contributed by atoms with Gasteiger partial charge in [0, 0.05) is 18.3 Å². The lowest BCUT2D eigenvalue weighted by Gasteiger charge is -2.19. The number of anilines is 1. The number of hydrogen-bond acceptors (Lipinski definition) is 8. The molecule has 0 bridgehead atoms. The van der Waals surface area contributed by atoms with Gasteiger partial charge in [0.2, 0.25) is 5.88 Å². The van der Waals surface area contributed by atoms with Gasteiger partial charge in [-0.05, 0) is 25.0 Å². The maximum Gasteiger partial charge on any atom is 0.418 e. The number of aliphatic hydroxyl groups is 1. The molecular weight excluding hydrogens is 502 g/mol. The predicted molar refractivity (Wildman–Crippen MR) is 119 cm³/mol. The van der Waals surface area contributed by atoms with Crippen molar-refractivity contribution in [1.29, 1.82) is 0 Å². The summed E-state index contributed by atoms with van der Waals surface area (Å²) in [5.74, 6) is -1.95. The van der Waals surface area contributed by atoms with Gasteiger partial charge in [0.1, 0.15) is 29.2 Å². The van der Waals surface area contributed by atoms with Crippen molar-refractivity contribution in [3.63, 3.8) is 0 Å². The number of methoxy groups -OCH3 is 1. The number of rotatable bonds is 5. The van der Waals surface area contributed by atoms with Gasteiger partial charge in [0.05, 0.1) is 31.0 Å². The first-order valence-electron chi connectivity index (χ1n) is 11.1. The lowest BCUT2D eigenvalue weighted by molar-refractivity contribution is -0.141. The molecule has 0 radical (unpaired) electrons. The van der Waals surface area contributed by atoms with Crippen LogP contribution in [0, 0.1) is 0 Å². The third-order valence-electron chi connectivity index (χ3n) is 6.45. The van der Waals surface area contributed by atoms with Crippen molar-refractivity contribution in [2.45, 2.75) is 36.8 Å². The molecule has 3 aromatic heterocycles. The number of pyridine rings is 1. The summed E-state index contributed by atoms with van der Waals surface area (Å²) >= 11 is 0. The first-order valence-corrected chi connectivity index (χ1v) is 11.1. The van der Waals surface area contributed by atoms with Crippen LogP contribution in [-0.2, 0) is 11.0 Å². The minimum Gasteiger partial charge on any atom is -0.480 e. The summed E-state index contributed by atoms with van der Waals surface area (Å²) in [6.07, 6.45) is -3.58. The van der Waals surface area contributed by atoms with E-state index in [1.165, 1.54) is 19.4 Å². The topological polar surface area (TPSA) is 148 Å². The molecular formula is C22H21F4N7O4. The fourth-order valence-corrected chi connectivity index (χ4v) is 4.35. The molecule has 37 heavy (non-hydrogen) atoms. The highest BCUT2D eigenvalue weighted by Gasteiger charge is 2.52. The molecule has 2 amide bonds. The second-order valence-electron chi connectivity index (χ2n) is 8.97.